The zero-order chi connectivity index (χ0) is 12.6. The fourth-order valence-corrected chi connectivity index (χ4v) is 1.52. The van der Waals surface area contributed by atoms with E-state index in [-0.39, 0.29) is 0 Å². The van der Waals surface area contributed by atoms with Crippen LogP contribution in [0, 0.1) is 6.92 Å². The summed E-state index contributed by atoms with van der Waals surface area (Å²) in [6.45, 7) is 4.49. The van der Waals surface area contributed by atoms with E-state index >= 15 is 0 Å². The quantitative estimate of drug-likeness (QED) is 0.694. The second kappa shape index (κ2) is 6.70. The summed E-state index contributed by atoms with van der Waals surface area (Å²) in [5.74, 6) is 2.51. The average Bonchev–Trinajstić information content (AvgIpc) is 2.42. The molecule has 1 radical (unpaired) electrons. The van der Waals surface area contributed by atoms with Crippen LogP contribution < -0.4 is 9.47 Å². The van der Waals surface area contributed by atoms with Crippen molar-refractivity contribution >= 4 is 0 Å². The second-order valence-corrected chi connectivity index (χ2v) is 3.94. The minimum absolute atomic E-state index is 0.711. The molecular formula is C16H17O2. The summed E-state index contributed by atoms with van der Waals surface area (Å²) in [5, 5.41) is 0. The van der Waals surface area contributed by atoms with Crippen LogP contribution in [-0.4, -0.2) is 6.61 Å². The Morgan fingerprint density at radius 3 is 2.06 bits per heavy atom. The molecule has 0 aliphatic rings. The Morgan fingerprint density at radius 1 is 0.778 bits per heavy atom. The van der Waals surface area contributed by atoms with E-state index < -0.39 is 0 Å². The van der Waals surface area contributed by atoms with E-state index in [1.165, 1.54) is 0 Å². The van der Waals surface area contributed by atoms with Crippen LogP contribution in [0.5, 0.6) is 17.2 Å². The van der Waals surface area contributed by atoms with Gasteiger partial charge in [-0.25, -0.2) is 0 Å². The molecule has 93 valence electrons. The SMILES string of the molecule is [CH2]CCCOc1ccc(Oc2ccccc2)cc1. The molecule has 0 aromatic heterocycles. The van der Waals surface area contributed by atoms with Gasteiger partial charge in [0, 0.05) is 0 Å². The highest BCUT2D eigenvalue weighted by Gasteiger charge is 1.97. The minimum Gasteiger partial charge on any atom is -0.494 e. The molecule has 0 aliphatic heterocycles. The van der Waals surface area contributed by atoms with Crippen LogP contribution in [-0.2, 0) is 0 Å². The van der Waals surface area contributed by atoms with Crippen LogP contribution in [0.1, 0.15) is 12.8 Å². The normalized spacial score (nSPS) is 10.1. The summed E-state index contributed by atoms with van der Waals surface area (Å²) in [5.41, 5.74) is 0. The first kappa shape index (κ1) is 12.5. The molecule has 0 aliphatic carbocycles. The largest absolute Gasteiger partial charge is 0.494 e. The molecule has 0 spiro atoms. The standard InChI is InChI=1S/C16H17O2/c1-2-3-13-17-14-9-11-16(12-10-14)18-15-7-5-4-6-8-15/h4-12H,1-3,13H2. The average molecular weight is 241 g/mol. The van der Waals surface area contributed by atoms with Gasteiger partial charge in [-0.1, -0.05) is 31.5 Å². The molecule has 0 N–H and O–H groups in total. The summed E-state index contributed by atoms with van der Waals surface area (Å²) in [4.78, 5) is 0. The molecule has 0 heterocycles. The molecule has 0 atom stereocenters. The van der Waals surface area contributed by atoms with Crippen molar-refractivity contribution in [1.29, 1.82) is 0 Å². The molecule has 2 nitrogen and oxygen atoms in total. The highest BCUT2D eigenvalue weighted by Crippen LogP contribution is 2.23. The van der Waals surface area contributed by atoms with Crippen LogP contribution in [0.4, 0.5) is 0 Å². The van der Waals surface area contributed by atoms with E-state index in [0.29, 0.717) is 6.61 Å². The monoisotopic (exact) mass is 241 g/mol. The smallest absolute Gasteiger partial charge is 0.127 e. The maximum atomic E-state index is 5.69. The van der Waals surface area contributed by atoms with Crippen LogP contribution in [0.15, 0.2) is 54.6 Å². The zero-order valence-electron chi connectivity index (χ0n) is 10.3. The van der Waals surface area contributed by atoms with Crippen molar-refractivity contribution in [3.8, 4) is 17.2 Å². The highest BCUT2D eigenvalue weighted by atomic mass is 16.5. The van der Waals surface area contributed by atoms with E-state index in [4.69, 9.17) is 9.47 Å². The van der Waals surface area contributed by atoms with Gasteiger partial charge in [-0.2, -0.15) is 0 Å². The van der Waals surface area contributed by atoms with Crippen molar-refractivity contribution in [2.45, 2.75) is 12.8 Å². The fraction of sp³-hybridized carbons (Fsp3) is 0.188. The van der Waals surface area contributed by atoms with Gasteiger partial charge < -0.3 is 9.47 Å². The summed E-state index contributed by atoms with van der Waals surface area (Å²) in [7, 11) is 0. The van der Waals surface area contributed by atoms with Crippen molar-refractivity contribution in [3.63, 3.8) is 0 Å². The number of unbranched alkanes of at least 4 members (excludes halogenated alkanes) is 1. The molecule has 0 fully saturated rings. The van der Waals surface area contributed by atoms with E-state index in [9.17, 15) is 0 Å². The third-order valence-electron chi connectivity index (χ3n) is 2.47. The van der Waals surface area contributed by atoms with Gasteiger partial charge in [0.1, 0.15) is 17.2 Å². The number of rotatable bonds is 6. The zero-order valence-corrected chi connectivity index (χ0v) is 10.3. The molecule has 2 rings (SSSR count). The van der Waals surface area contributed by atoms with Gasteiger partial charge in [-0.05, 0) is 42.8 Å². The topological polar surface area (TPSA) is 18.5 Å². The molecule has 2 heteroatoms. The molecule has 0 bridgehead atoms. The Morgan fingerprint density at radius 2 is 1.39 bits per heavy atom. The van der Waals surface area contributed by atoms with Gasteiger partial charge in [0.05, 0.1) is 6.61 Å². The van der Waals surface area contributed by atoms with E-state index in [0.717, 1.165) is 30.1 Å². The molecular weight excluding hydrogens is 224 g/mol. The van der Waals surface area contributed by atoms with Crippen molar-refractivity contribution in [2.24, 2.45) is 0 Å². The molecule has 0 saturated heterocycles. The molecule has 18 heavy (non-hydrogen) atoms. The lowest BCUT2D eigenvalue weighted by Gasteiger charge is -2.08. The number of benzene rings is 2. The van der Waals surface area contributed by atoms with Gasteiger partial charge in [-0.3, -0.25) is 0 Å². The van der Waals surface area contributed by atoms with Gasteiger partial charge in [0.15, 0.2) is 0 Å². The molecule has 0 saturated carbocycles. The Labute approximate surface area is 108 Å². The van der Waals surface area contributed by atoms with Crippen LogP contribution in [0.25, 0.3) is 0 Å². The first-order valence-electron chi connectivity index (χ1n) is 6.13. The summed E-state index contributed by atoms with van der Waals surface area (Å²) in [6.07, 6.45) is 1.87. The van der Waals surface area contributed by atoms with Crippen LogP contribution in [0.3, 0.4) is 0 Å². The van der Waals surface area contributed by atoms with E-state index in [1.54, 1.807) is 0 Å². The van der Waals surface area contributed by atoms with Gasteiger partial charge >= 0.3 is 0 Å². The highest BCUT2D eigenvalue weighted by molar-refractivity contribution is 5.35. The first-order chi connectivity index (χ1) is 8.88. The third-order valence-corrected chi connectivity index (χ3v) is 2.47. The van der Waals surface area contributed by atoms with E-state index in [2.05, 4.69) is 6.92 Å². The lowest BCUT2D eigenvalue weighted by molar-refractivity contribution is 0.311. The Bertz CT molecular complexity index is 448. The number of hydrogen-bond acceptors (Lipinski definition) is 2. The Hall–Kier alpha value is -1.96. The summed E-state index contributed by atoms with van der Waals surface area (Å²) in [6, 6.07) is 17.4. The van der Waals surface area contributed by atoms with Crippen LogP contribution in [0.2, 0.25) is 0 Å². The molecule has 2 aromatic rings. The number of para-hydroxylation sites is 1. The lowest BCUT2D eigenvalue weighted by atomic mass is 10.3. The lowest BCUT2D eigenvalue weighted by Crippen LogP contribution is -1.96. The van der Waals surface area contributed by atoms with Gasteiger partial charge in [-0.15, -0.1) is 0 Å². The van der Waals surface area contributed by atoms with E-state index in [1.807, 2.05) is 54.6 Å². The van der Waals surface area contributed by atoms with Crippen LogP contribution >= 0.6 is 0 Å². The Kier molecular flexibility index (Phi) is 4.65. The minimum atomic E-state index is 0.711. The predicted octanol–water partition coefficient (Wildman–Crippen LogP) is 4.47. The van der Waals surface area contributed by atoms with Crippen molar-refractivity contribution < 1.29 is 9.47 Å². The van der Waals surface area contributed by atoms with Gasteiger partial charge in [0.25, 0.3) is 0 Å². The maximum absolute atomic E-state index is 5.69. The van der Waals surface area contributed by atoms with Gasteiger partial charge in [0.2, 0.25) is 0 Å². The van der Waals surface area contributed by atoms with Crippen molar-refractivity contribution in [3.05, 3.63) is 61.5 Å². The Balaban J connectivity index is 1.91. The third kappa shape index (κ3) is 3.81. The second-order valence-electron chi connectivity index (χ2n) is 3.94. The number of ether oxygens (including phenoxy) is 2. The molecule has 0 unspecified atom stereocenters. The predicted molar refractivity (Wildman–Crippen MR) is 73.0 cm³/mol. The molecule has 0 amide bonds. The molecule has 2 aromatic carbocycles. The summed E-state index contributed by atoms with van der Waals surface area (Å²) < 4.78 is 11.2. The fourth-order valence-electron chi connectivity index (χ4n) is 1.52. The first-order valence-corrected chi connectivity index (χ1v) is 6.13. The number of hydrogen-bond donors (Lipinski definition) is 0. The maximum Gasteiger partial charge on any atom is 0.127 e. The summed E-state index contributed by atoms with van der Waals surface area (Å²) >= 11 is 0. The van der Waals surface area contributed by atoms with Crippen molar-refractivity contribution in [2.75, 3.05) is 6.61 Å². The van der Waals surface area contributed by atoms with Crippen molar-refractivity contribution in [1.82, 2.24) is 0 Å².